The van der Waals surface area contributed by atoms with Gasteiger partial charge in [0.1, 0.15) is 10.8 Å². The summed E-state index contributed by atoms with van der Waals surface area (Å²) in [4.78, 5) is 12.0. The van der Waals surface area contributed by atoms with Crippen molar-refractivity contribution in [3.05, 3.63) is 41.2 Å². The smallest absolute Gasteiger partial charge is 0.236 e. The summed E-state index contributed by atoms with van der Waals surface area (Å²) in [5.41, 5.74) is 0. The van der Waals surface area contributed by atoms with Gasteiger partial charge in [-0.15, -0.1) is 20.4 Å². The third-order valence-electron chi connectivity index (χ3n) is 3.39. The first-order chi connectivity index (χ1) is 12.5. The Kier molecular flexibility index (Phi) is 5.84. The van der Waals surface area contributed by atoms with Crippen molar-refractivity contribution in [2.24, 2.45) is 7.05 Å². The Bertz CT molecular complexity index is 880. The van der Waals surface area contributed by atoms with Crippen molar-refractivity contribution < 1.29 is 9.53 Å². The summed E-state index contributed by atoms with van der Waals surface area (Å²) in [5, 5.41) is 20.7. The van der Waals surface area contributed by atoms with Gasteiger partial charge in [-0.05, 0) is 26.0 Å². The first kappa shape index (κ1) is 18.3. The number of benzene rings is 1. The maximum atomic E-state index is 12.0. The molecule has 1 aromatic carbocycles. The minimum atomic E-state index is -0.262. The van der Waals surface area contributed by atoms with Gasteiger partial charge in [-0.25, -0.2) is 0 Å². The van der Waals surface area contributed by atoms with Crippen molar-refractivity contribution in [3.63, 3.8) is 0 Å². The van der Waals surface area contributed by atoms with Gasteiger partial charge >= 0.3 is 0 Å². The molecule has 1 N–H and O–H groups in total. The van der Waals surface area contributed by atoms with Gasteiger partial charge < -0.3 is 9.30 Å². The lowest BCUT2D eigenvalue weighted by Crippen LogP contribution is -2.14. The standard InChI is InChI=1S/C16H18N6O2S2/c1-10(24-12-7-5-4-6-8-12)14-19-21-16(22(14)3)25-9-13(23)17-15-20-18-11(2)26-15/h4-8,10H,9H2,1-3H3,(H,17,20,23)/t10-/m1/s1. The lowest BCUT2D eigenvalue weighted by atomic mass is 10.3. The summed E-state index contributed by atoms with van der Waals surface area (Å²) < 4.78 is 7.71. The fourth-order valence-corrected chi connectivity index (χ4v) is 3.52. The van der Waals surface area contributed by atoms with E-state index < -0.39 is 0 Å². The maximum Gasteiger partial charge on any atom is 0.236 e. The van der Waals surface area contributed by atoms with Crippen LogP contribution >= 0.6 is 23.1 Å². The second-order valence-corrected chi connectivity index (χ2v) is 7.56. The quantitative estimate of drug-likeness (QED) is 0.620. The Hall–Kier alpha value is -2.46. The first-order valence-electron chi connectivity index (χ1n) is 7.86. The number of nitrogens with one attached hydrogen (secondary N) is 1. The van der Waals surface area contributed by atoms with Gasteiger partial charge in [-0.3, -0.25) is 10.1 Å². The summed E-state index contributed by atoms with van der Waals surface area (Å²) in [6.07, 6.45) is -0.262. The van der Waals surface area contributed by atoms with Crippen LogP contribution in [0.2, 0.25) is 0 Å². The van der Waals surface area contributed by atoms with E-state index >= 15 is 0 Å². The number of carbonyl (C=O) groups excluding carboxylic acids is 1. The molecule has 10 heteroatoms. The van der Waals surface area contributed by atoms with Gasteiger partial charge in [-0.2, -0.15) is 0 Å². The van der Waals surface area contributed by atoms with Crippen LogP contribution in [0.3, 0.4) is 0 Å². The topological polar surface area (TPSA) is 94.8 Å². The second-order valence-electron chi connectivity index (χ2n) is 5.44. The number of ether oxygens (including phenoxy) is 1. The van der Waals surface area contributed by atoms with Gasteiger partial charge in [-0.1, -0.05) is 41.3 Å². The van der Waals surface area contributed by atoms with Crippen LogP contribution in [0.5, 0.6) is 5.75 Å². The average molecular weight is 390 g/mol. The SMILES string of the molecule is Cc1nnc(NC(=O)CSc2nnc([C@@H](C)Oc3ccccc3)n2C)s1. The molecule has 0 aliphatic carbocycles. The molecular weight excluding hydrogens is 372 g/mol. The predicted molar refractivity (Wildman–Crippen MR) is 100 cm³/mol. The third kappa shape index (κ3) is 4.58. The molecule has 0 radical (unpaired) electrons. The number of amides is 1. The number of rotatable bonds is 7. The predicted octanol–water partition coefficient (Wildman–Crippen LogP) is 2.85. The fourth-order valence-electron chi connectivity index (χ4n) is 2.19. The highest BCUT2D eigenvalue weighted by Crippen LogP contribution is 2.23. The van der Waals surface area contributed by atoms with E-state index in [1.165, 1.54) is 23.1 Å². The summed E-state index contributed by atoms with van der Waals surface area (Å²) in [6, 6.07) is 9.54. The molecule has 3 rings (SSSR count). The van der Waals surface area contributed by atoms with E-state index in [1.807, 2.05) is 55.8 Å². The molecular formula is C16H18N6O2S2. The lowest BCUT2D eigenvalue weighted by Gasteiger charge is -2.14. The largest absolute Gasteiger partial charge is 0.483 e. The molecule has 2 heterocycles. The molecule has 0 aliphatic heterocycles. The number of aryl methyl sites for hydroxylation is 1. The molecule has 1 amide bonds. The number of hydrogen-bond acceptors (Lipinski definition) is 8. The van der Waals surface area contributed by atoms with Gasteiger partial charge in [0.2, 0.25) is 11.0 Å². The molecule has 0 saturated carbocycles. The minimum Gasteiger partial charge on any atom is -0.483 e. The van der Waals surface area contributed by atoms with Crippen molar-refractivity contribution in [1.29, 1.82) is 0 Å². The molecule has 0 spiro atoms. The van der Waals surface area contributed by atoms with Crippen LogP contribution in [0.15, 0.2) is 35.5 Å². The van der Waals surface area contributed by atoms with E-state index in [0.717, 1.165) is 10.8 Å². The van der Waals surface area contributed by atoms with Crippen molar-refractivity contribution in [2.75, 3.05) is 11.1 Å². The summed E-state index contributed by atoms with van der Waals surface area (Å²) >= 11 is 2.64. The van der Waals surface area contributed by atoms with Gasteiger partial charge in [0.05, 0.1) is 5.75 Å². The zero-order chi connectivity index (χ0) is 18.5. The van der Waals surface area contributed by atoms with E-state index in [0.29, 0.717) is 16.1 Å². The molecule has 136 valence electrons. The number of para-hydroxylation sites is 1. The summed E-state index contributed by atoms with van der Waals surface area (Å²) in [5.74, 6) is 1.50. The molecule has 0 bridgehead atoms. The van der Waals surface area contributed by atoms with E-state index in [-0.39, 0.29) is 17.8 Å². The van der Waals surface area contributed by atoms with Crippen LogP contribution in [0.1, 0.15) is 23.9 Å². The van der Waals surface area contributed by atoms with Crippen LogP contribution in [-0.4, -0.2) is 36.6 Å². The first-order valence-corrected chi connectivity index (χ1v) is 9.67. The zero-order valence-electron chi connectivity index (χ0n) is 14.5. The number of aromatic nitrogens is 5. The number of thioether (sulfide) groups is 1. The Labute approximate surface area is 159 Å². The number of hydrogen-bond donors (Lipinski definition) is 1. The molecule has 2 aromatic heterocycles. The summed E-state index contributed by atoms with van der Waals surface area (Å²) in [7, 11) is 1.86. The van der Waals surface area contributed by atoms with Crippen LogP contribution < -0.4 is 10.1 Å². The summed E-state index contributed by atoms with van der Waals surface area (Å²) in [6.45, 7) is 3.75. The number of anilines is 1. The van der Waals surface area contributed by atoms with E-state index in [4.69, 9.17) is 4.74 Å². The minimum absolute atomic E-state index is 0.163. The Morgan fingerprint density at radius 3 is 2.73 bits per heavy atom. The van der Waals surface area contributed by atoms with Crippen LogP contribution in [-0.2, 0) is 11.8 Å². The lowest BCUT2D eigenvalue weighted by molar-refractivity contribution is -0.113. The monoisotopic (exact) mass is 390 g/mol. The molecule has 0 fully saturated rings. The maximum absolute atomic E-state index is 12.0. The highest BCUT2D eigenvalue weighted by atomic mass is 32.2. The fraction of sp³-hybridized carbons (Fsp3) is 0.312. The Morgan fingerprint density at radius 2 is 2.04 bits per heavy atom. The van der Waals surface area contributed by atoms with Gasteiger partial charge in [0, 0.05) is 7.05 Å². The Balaban J connectivity index is 1.57. The molecule has 0 aliphatic rings. The zero-order valence-corrected chi connectivity index (χ0v) is 16.2. The van der Waals surface area contributed by atoms with Gasteiger partial charge in [0.15, 0.2) is 17.1 Å². The molecule has 0 unspecified atom stereocenters. The van der Waals surface area contributed by atoms with Crippen molar-refractivity contribution in [1.82, 2.24) is 25.0 Å². The van der Waals surface area contributed by atoms with Crippen molar-refractivity contribution >= 4 is 34.1 Å². The van der Waals surface area contributed by atoms with Crippen LogP contribution in [0.25, 0.3) is 0 Å². The second kappa shape index (κ2) is 8.28. The molecule has 0 saturated heterocycles. The van der Waals surface area contributed by atoms with Gasteiger partial charge in [0.25, 0.3) is 0 Å². The van der Waals surface area contributed by atoms with Crippen molar-refractivity contribution in [2.45, 2.75) is 25.1 Å². The molecule has 3 aromatic rings. The third-order valence-corrected chi connectivity index (χ3v) is 5.17. The van der Waals surface area contributed by atoms with E-state index in [9.17, 15) is 4.79 Å². The molecule has 26 heavy (non-hydrogen) atoms. The number of nitrogens with zero attached hydrogens (tertiary/aromatic N) is 5. The molecule has 1 atom stereocenters. The highest BCUT2D eigenvalue weighted by molar-refractivity contribution is 7.99. The van der Waals surface area contributed by atoms with Crippen LogP contribution in [0, 0.1) is 6.92 Å². The average Bonchev–Trinajstić information content (AvgIpc) is 3.19. The highest BCUT2D eigenvalue weighted by Gasteiger charge is 2.18. The van der Waals surface area contributed by atoms with Crippen LogP contribution in [0.4, 0.5) is 5.13 Å². The van der Waals surface area contributed by atoms with Crippen molar-refractivity contribution in [3.8, 4) is 5.75 Å². The van der Waals surface area contributed by atoms with E-state index in [1.54, 1.807) is 0 Å². The van der Waals surface area contributed by atoms with E-state index in [2.05, 4.69) is 25.7 Å². The normalized spacial score (nSPS) is 12.0. The number of carbonyl (C=O) groups is 1. The molecule has 8 nitrogen and oxygen atoms in total. The Morgan fingerprint density at radius 1 is 1.27 bits per heavy atom.